The Balaban J connectivity index is 2.37. The van der Waals surface area contributed by atoms with Gasteiger partial charge in [-0.1, -0.05) is 6.92 Å². The molecule has 1 unspecified atom stereocenters. The minimum absolute atomic E-state index is 0.0209. The first kappa shape index (κ1) is 12.2. The molecule has 1 rings (SSSR count). The van der Waals surface area contributed by atoms with Crippen LogP contribution in [0.4, 0.5) is 0 Å². The average Bonchev–Trinajstić information content (AvgIpc) is 2.18. The fourth-order valence-electron chi connectivity index (χ4n) is 1.96. The molecule has 0 saturated heterocycles. The Hall–Kier alpha value is -0.860. The highest BCUT2D eigenvalue weighted by Gasteiger charge is 2.25. The highest BCUT2D eigenvalue weighted by molar-refractivity contribution is 5.87. The molecule has 1 amide bonds. The van der Waals surface area contributed by atoms with E-state index in [9.17, 15) is 9.59 Å². The maximum atomic E-state index is 11.8. The number of ketones is 1. The van der Waals surface area contributed by atoms with Gasteiger partial charge in [0.25, 0.3) is 0 Å². The molecule has 1 aliphatic rings. The molecule has 0 radical (unpaired) electrons. The predicted octanol–water partition coefficient (Wildman–Crippen LogP) is 1.91. The van der Waals surface area contributed by atoms with E-state index in [0.717, 1.165) is 31.6 Å². The summed E-state index contributed by atoms with van der Waals surface area (Å²) in [6.07, 6.45) is 4.20. The summed E-state index contributed by atoms with van der Waals surface area (Å²) in [5.74, 6) is 0.958. The summed E-state index contributed by atoms with van der Waals surface area (Å²) in [6, 6.07) is -0.336. The third kappa shape index (κ3) is 3.65. The SMILES string of the molecule is CC(=O)C(C)NC(=O)C1CCC(C)CC1. The Morgan fingerprint density at radius 3 is 2.20 bits per heavy atom. The van der Waals surface area contributed by atoms with Crippen molar-refractivity contribution in [2.45, 2.75) is 52.5 Å². The van der Waals surface area contributed by atoms with Gasteiger partial charge in [-0.2, -0.15) is 0 Å². The molecule has 0 bridgehead atoms. The smallest absolute Gasteiger partial charge is 0.223 e. The van der Waals surface area contributed by atoms with E-state index in [2.05, 4.69) is 12.2 Å². The van der Waals surface area contributed by atoms with Crippen LogP contribution in [0, 0.1) is 11.8 Å². The second-order valence-corrected chi connectivity index (χ2v) is 4.80. The molecular weight excluding hydrogens is 190 g/mol. The molecule has 0 aromatic carbocycles. The van der Waals surface area contributed by atoms with E-state index in [4.69, 9.17) is 0 Å². The molecular formula is C12H21NO2. The van der Waals surface area contributed by atoms with Gasteiger partial charge in [0.1, 0.15) is 0 Å². The first-order valence-electron chi connectivity index (χ1n) is 5.81. The highest BCUT2D eigenvalue weighted by atomic mass is 16.2. The summed E-state index contributed by atoms with van der Waals surface area (Å²) in [6.45, 7) is 5.48. The van der Waals surface area contributed by atoms with Crippen molar-refractivity contribution < 1.29 is 9.59 Å². The maximum absolute atomic E-state index is 11.8. The number of rotatable bonds is 3. The van der Waals surface area contributed by atoms with E-state index < -0.39 is 0 Å². The van der Waals surface area contributed by atoms with Gasteiger partial charge in [-0.3, -0.25) is 9.59 Å². The Bertz CT molecular complexity index is 242. The summed E-state index contributed by atoms with van der Waals surface area (Å²) >= 11 is 0. The van der Waals surface area contributed by atoms with E-state index >= 15 is 0 Å². The Morgan fingerprint density at radius 1 is 1.20 bits per heavy atom. The van der Waals surface area contributed by atoms with Crippen LogP contribution in [0.5, 0.6) is 0 Å². The number of hydrogen-bond donors (Lipinski definition) is 1. The zero-order chi connectivity index (χ0) is 11.4. The Morgan fingerprint density at radius 2 is 1.73 bits per heavy atom. The Labute approximate surface area is 91.6 Å². The summed E-state index contributed by atoms with van der Waals surface area (Å²) in [7, 11) is 0. The van der Waals surface area contributed by atoms with Crippen molar-refractivity contribution in [3.05, 3.63) is 0 Å². The monoisotopic (exact) mass is 211 g/mol. The first-order valence-corrected chi connectivity index (χ1v) is 5.81. The molecule has 3 nitrogen and oxygen atoms in total. The molecule has 1 N–H and O–H groups in total. The molecule has 0 aromatic heterocycles. The quantitative estimate of drug-likeness (QED) is 0.775. The van der Waals surface area contributed by atoms with Crippen LogP contribution < -0.4 is 5.32 Å². The van der Waals surface area contributed by atoms with Gasteiger partial charge in [0.15, 0.2) is 5.78 Å². The average molecular weight is 211 g/mol. The van der Waals surface area contributed by atoms with Gasteiger partial charge in [-0.25, -0.2) is 0 Å². The van der Waals surface area contributed by atoms with Crippen molar-refractivity contribution in [3.8, 4) is 0 Å². The van der Waals surface area contributed by atoms with Gasteiger partial charge in [0, 0.05) is 5.92 Å². The lowest BCUT2D eigenvalue weighted by Gasteiger charge is -2.26. The lowest BCUT2D eigenvalue weighted by molar-refractivity contribution is -0.130. The van der Waals surface area contributed by atoms with Crippen molar-refractivity contribution in [3.63, 3.8) is 0 Å². The van der Waals surface area contributed by atoms with Crippen LogP contribution in [0.1, 0.15) is 46.5 Å². The van der Waals surface area contributed by atoms with Crippen LogP contribution in [-0.2, 0) is 9.59 Å². The van der Waals surface area contributed by atoms with Gasteiger partial charge >= 0.3 is 0 Å². The minimum Gasteiger partial charge on any atom is -0.346 e. The van der Waals surface area contributed by atoms with Crippen molar-refractivity contribution >= 4 is 11.7 Å². The van der Waals surface area contributed by atoms with Crippen LogP contribution in [-0.4, -0.2) is 17.7 Å². The van der Waals surface area contributed by atoms with Crippen LogP contribution in [0.15, 0.2) is 0 Å². The predicted molar refractivity (Wildman–Crippen MR) is 59.4 cm³/mol. The first-order chi connectivity index (χ1) is 7.00. The molecule has 1 aliphatic carbocycles. The van der Waals surface area contributed by atoms with Gasteiger partial charge in [-0.15, -0.1) is 0 Å². The fourth-order valence-corrected chi connectivity index (χ4v) is 1.96. The lowest BCUT2D eigenvalue weighted by atomic mass is 9.82. The van der Waals surface area contributed by atoms with Gasteiger partial charge < -0.3 is 5.32 Å². The standard InChI is InChI=1S/C12H21NO2/c1-8-4-6-11(7-5-8)12(15)13-9(2)10(3)14/h8-9,11H,4-7H2,1-3H3,(H,13,15). The van der Waals surface area contributed by atoms with Crippen molar-refractivity contribution in [1.82, 2.24) is 5.32 Å². The van der Waals surface area contributed by atoms with Crippen molar-refractivity contribution in [2.75, 3.05) is 0 Å². The molecule has 1 saturated carbocycles. The summed E-state index contributed by atoms with van der Waals surface area (Å²) in [5, 5.41) is 2.78. The third-order valence-electron chi connectivity index (χ3n) is 3.36. The molecule has 1 atom stereocenters. The van der Waals surface area contributed by atoms with Crippen LogP contribution in [0.2, 0.25) is 0 Å². The van der Waals surface area contributed by atoms with E-state index in [1.165, 1.54) is 6.92 Å². The van der Waals surface area contributed by atoms with Crippen molar-refractivity contribution in [1.29, 1.82) is 0 Å². The fraction of sp³-hybridized carbons (Fsp3) is 0.833. The van der Waals surface area contributed by atoms with E-state index in [1.807, 2.05) is 0 Å². The normalized spacial score (nSPS) is 28.2. The van der Waals surface area contributed by atoms with E-state index in [-0.39, 0.29) is 23.7 Å². The van der Waals surface area contributed by atoms with Crippen LogP contribution >= 0.6 is 0 Å². The van der Waals surface area contributed by atoms with Crippen molar-refractivity contribution in [2.24, 2.45) is 11.8 Å². The molecule has 15 heavy (non-hydrogen) atoms. The van der Waals surface area contributed by atoms with Gasteiger partial charge in [-0.05, 0) is 45.4 Å². The van der Waals surface area contributed by atoms with Crippen LogP contribution in [0.25, 0.3) is 0 Å². The molecule has 0 aliphatic heterocycles. The summed E-state index contributed by atoms with van der Waals surface area (Å²) in [4.78, 5) is 22.8. The largest absolute Gasteiger partial charge is 0.346 e. The third-order valence-corrected chi connectivity index (χ3v) is 3.36. The maximum Gasteiger partial charge on any atom is 0.223 e. The van der Waals surface area contributed by atoms with Gasteiger partial charge in [0.05, 0.1) is 6.04 Å². The zero-order valence-corrected chi connectivity index (χ0v) is 9.88. The number of hydrogen-bond acceptors (Lipinski definition) is 2. The minimum atomic E-state index is -0.336. The second-order valence-electron chi connectivity index (χ2n) is 4.80. The highest BCUT2D eigenvalue weighted by Crippen LogP contribution is 2.28. The van der Waals surface area contributed by atoms with Crippen LogP contribution in [0.3, 0.4) is 0 Å². The van der Waals surface area contributed by atoms with E-state index in [1.54, 1.807) is 6.92 Å². The van der Waals surface area contributed by atoms with Gasteiger partial charge in [0.2, 0.25) is 5.91 Å². The number of carbonyl (C=O) groups excluding carboxylic acids is 2. The molecule has 0 aromatic rings. The zero-order valence-electron chi connectivity index (χ0n) is 9.88. The Kier molecular flexibility index (Phi) is 4.30. The number of Topliss-reactive ketones (excluding diaryl/α,β-unsaturated/α-hetero) is 1. The topological polar surface area (TPSA) is 46.2 Å². The summed E-state index contributed by atoms with van der Waals surface area (Å²) < 4.78 is 0. The molecule has 1 fully saturated rings. The lowest BCUT2D eigenvalue weighted by Crippen LogP contribution is -2.41. The number of carbonyl (C=O) groups is 2. The molecule has 3 heteroatoms. The number of amides is 1. The number of nitrogens with one attached hydrogen (secondary N) is 1. The molecule has 0 spiro atoms. The molecule has 0 heterocycles. The molecule has 86 valence electrons. The summed E-state index contributed by atoms with van der Waals surface area (Å²) in [5.41, 5.74) is 0. The van der Waals surface area contributed by atoms with E-state index in [0.29, 0.717) is 0 Å². The second kappa shape index (κ2) is 5.29.